The van der Waals surface area contributed by atoms with Gasteiger partial charge < -0.3 is 15.2 Å². The molecule has 1 aromatic rings. The van der Waals surface area contributed by atoms with E-state index in [1.165, 1.54) is 0 Å². The first-order valence-electron chi connectivity index (χ1n) is 8.37. The molecule has 0 saturated heterocycles. The third kappa shape index (κ3) is 1.03. The van der Waals surface area contributed by atoms with Gasteiger partial charge in [0.05, 0.1) is 0 Å². The fourth-order valence-corrected chi connectivity index (χ4v) is 7.38. The van der Waals surface area contributed by atoms with Crippen LogP contribution >= 0.6 is 0 Å². The minimum atomic E-state index is -0.905. The number of hydrogen-bond donors (Lipinski definition) is 2. The van der Waals surface area contributed by atoms with Crippen molar-refractivity contribution in [2.24, 2.45) is 46.8 Å². The van der Waals surface area contributed by atoms with Crippen molar-refractivity contribution in [1.82, 2.24) is 5.32 Å². The van der Waals surface area contributed by atoms with Crippen molar-refractivity contribution in [2.75, 3.05) is 0 Å². The topological polar surface area (TPSA) is 75.6 Å². The summed E-state index contributed by atoms with van der Waals surface area (Å²) in [7, 11) is 0. The van der Waals surface area contributed by atoms with Gasteiger partial charge in [-0.05, 0) is 47.0 Å². The summed E-state index contributed by atoms with van der Waals surface area (Å²) in [6.45, 7) is 0.165. The van der Waals surface area contributed by atoms with Gasteiger partial charge in [-0.1, -0.05) is 30.3 Å². The third-order valence-electron chi connectivity index (χ3n) is 7.78. The average Bonchev–Trinajstić information content (AvgIpc) is 2.58. The van der Waals surface area contributed by atoms with Crippen LogP contribution in [0.3, 0.4) is 0 Å². The zero-order valence-corrected chi connectivity index (χ0v) is 12.4. The number of rotatable bonds is 5. The van der Waals surface area contributed by atoms with Crippen LogP contribution in [0.15, 0.2) is 30.3 Å². The minimum absolute atomic E-state index is 0.119. The Hall–Kier alpha value is -2.04. The van der Waals surface area contributed by atoms with E-state index >= 15 is 0 Å². The standard InChI is InChI=1S/C18H17NO4/c20-16(21)15(19-17(22)23-6-7-4-2-1-3-5-7)18-12-9-8-10(12)14(18)11(8)13(9)18/h1-5,8-15H,6H2,(H,19,22)(H,20,21)/t8?,9?,10?,11?,12?,13?,14?,15-,18?/m1/s1. The van der Waals surface area contributed by atoms with Crippen molar-refractivity contribution in [1.29, 1.82) is 0 Å². The molecule has 1 amide bonds. The molecular weight excluding hydrogens is 294 g/mol. The van der Waals surface area contributed by atoms with Gasteiger partial charge >= 0.3 is 12.1 Å². The zero-order chi connectivity index (χ0) is 15.5. The lowest BCUT2D eigenvalue weighted by molar-refractivity contribution is -0.617. The Morgan fingerprint density at radius 3 is 2.26 bits per heavy atom. The predicted molar refractivity (Wildman–Crippen MR) is 78.0 cm³/mol. The summed E-state index contributed by atoms with van der Waals surface area (Å²) in [5.74, 6) is 4.11. The van der Waals surface area contributed by atoms with E-state index in [0.717, 1.165) is 29.2 Å². The molecule has 5 nitrogen and oxygen atoms in total. The van der Waals surface area contributed by atoms with E-state index in [9.17, 15) is 14.7 Å². The highest BCUT2D eigenvalue weighted by Crippen LogP contribution is 3.06. The Balaban J connectivity index is 1.15. The number of alkyl carbamates (subject to hydrolysis) is 1. The second-order valence-corrected chi connectivity index (χ2v) is 7.86. The third-order valence-corrected chi connectivity index (χ3v) is 7.78. The van der Waals surface area contributed by atoms with E-state index in [1.54, 1.807) is 0 Å². The lowest BCUT2D eigenvalue weighted by atomic mass is 8.96. The molecule has 2 N–H and O–H groups in total. The van der Waals surface area contributed by atoms with Crippen molar-refractivity contribution >= 4 is 12.1 Å². The van der Waals surface area contributed by atoms with E-state index in [4.69, 9.17) is 4.74 Å². The number of carboxylic acid groups (broad SMARTS) is 1. The van der Waals surface area contributed by atoms with Gasteiger partial charge in [-0.15, -0.1) is 0 Å². The fourth-order valence-electron chi connectivity index (χ4n) is 7.38. The number of carbonyl (C=O) groups excluding carboxylic acids is 1. The molecule has 0 radical (unpaired) electrons. The summed E-state index contributed by atoms with van der Waals surface area (Å²) in [5.41, 5.74) is 0.776. The first-order chi connectivity index (χ1) is 11.2. The SMILES string of the molecule is O=C(N[C@H](C(=O)O)C12C3C4C5C3C1C5C42)OCc1ccccc1. The smallest absolute Gasteiger partial charge is 0.408 e. The minimum Gasteiger partial charge on any atom is -0.480 e. The molecule has 1 atom stereocenters. The Morgan fingerprint density at radius 2 is 1.70 bits per heavy atom. The van der Waals surface area contributed by atoms with E-state index in [-0.39, 0.29) is 12.0 Å². The van der Waals surface area contributed by atoms with Gasteiger partial charge in [-0.2, -0.15) is 0 Å². The van der Waals surface area contributed by atoms with Gasteiger partial charge in [-0.25, -0.2) is 9.59 Å². The van der Waals surface area contributed by atoms with Crippen molar-refractivity contribution in [3.63, 3.8) is 0 Å². The van der Waals surface area contributed by atoms with Gasteiger partial charge in [0.1, 0.15) is 12.6 Å². The molecule has 7 rings (SSSR count). The van der Waals surface area contributed by atoms with Crippen molar-refractivity contribution in [3.8, 4) is 0 Å². The summed E-state index contributed by atoms with van der Waals surface area (Å²) in [6.07, 6.45) is -0.616. The summed E-state index contributed by atoms with van der Waals surface area (Å²) in [6, 6.07) is 8.64. The zero-order valence-electron chi connectivity index (χ0n) is 12.4. The van der Waals surface area contributed by atoms with Crippen LogP contribution in [0.25, 0.3) is 0 Å². The molecule has 0 unspecified atom stereocenters. The van der Waals surface area contributed by atoms with Gasteiger partial charge in [0, 0.05) is 5.41 Å². The molecule has 6 aliphatic carbocycles. The van der Waals surface area contributed by atoms with E-state index in [0.29, 0.717) is 17.8 Å². The second kappa shape index (κ2) is 3.55. The van der Waals surface area contributed by atoms with Crippen LogP contribution in [0, 0.1) is 46.8 Å². The molecule has 6 aliphatic rings. The molecule has 6 saturated carbocycles. The molecule has 5 heteroatoms. The highest BCUT2D eigenvalue weighted by Gasteiger charge is 3.05. The molecule has 0 bridgehead atoms. The van der Waals surface area contributed by atoms with Crippen LogP contribution in [0.2, 0.25) is 0 Å². The fraction of sp³-hybridized carbons (Fsp3) is 0.556. The average molecular weight is 311 g/mol. The first kappa shape index (κ1) is 12.4. The van der Waals surface area contributed by atoms with Crippen molar-refractivity contribution < 1.29 is 19.4 Å². The van der Waals surface area contributed by atoms with Crippen LogP contribution in [0.5, 0.6) is 0 Å². The van der Waals surface area contributed by atoms with E-state index < -0.39 is 18.1 Å². The summed E-state index contributed by atoms with van der Waals surface area (Å²) < 4.78 is 5.21. The Labute approximate surface area is 133 Å². The molecule has 0 aromatic heterocycles. The van der Waals surface area contributed by atoms with Gasteiger partial charge in [0.25, 0.3) is 0 Å². The maximum absolute atomic E-state index is 12.1. The lowest BCUT2D eigenvalue weighted by Gasteiger charge is -3.08. The number of aliphatic carboxylic acids is 1. The molecule has 0 aliphatic heterocycles. The molecular formula is C18H17NO4. The van der Waals surface area contributed by atoms with Crippen LogP contribution in [0.4, 0.5) is 4.79 Å². The normalized spacial score (nSPS) is 49.1. The number of ether oxygens (including phenoxy) is 1. The van der Waals surface area contributed by atoms with Crippen LogP contribution in [-0.4, -0.2) is 23.2 Å². The molecule has 0 spiro atoms. The van der Waals surface area contributed by atoms with Gasteiger partial charge in [-0.3, -0.25) is 0 Å². The molecule has 6 fully saturated rings. The van der Waals surface area contributed by atoms with Gasteiger partial charge in [0.2, 0.25) is 0 Å². The second-order valence-electron chi connectivity index (χ2n) is 7.86. The number of nitrogens with one attached hydrogen (secondary N) is 1. The maximum atomic E-state index is 12.1. The van der Waals surface area contributed by atoms with Gasteiger partial charge in [0.15, 0.2) is 0 Å². The number of carboxylic acids is 1. The van der Waals surface area contributed by atoms with Crippen LogP contribution in [0.1, 0.15) is 5.56 Å². The molecule has 23 heavy (non-hydrogen) atoms. The number of hydrogen-bond acceptors (Lipinski definition) is 3. The predicted octanol–water partition coefficient (Wildman–Crippen LogP) is 1.73. The monoisotopic (exact) mass is 311 g/mol. The summed E-state index contributed by atoms with van der Waals surface area (Å²) in [5, 5.41) is 12.3. The Kier molecular flexibility index (Phi) is 1.91. The van der Waals surface area contributed by atoms with Crippen LogP contribution < -0.4 is 5.32 Å². The Morgan fingerprint density at radius 1 is 1.09 bits per heavy atom. The Bertz CT molecular complexity index is 694. The maximum Gasteiger partial charge on any atom is 0.408 e. The largest absolute Gasteiger partial charge is 0.480 e. The highest BCUT2D eigenvalue weighted by molar-refractivity contribution is 5.83. The first-order valence-corrected chi connectivity index (χ1v) is 8.37. The molecule has 118 valence electrons. The number of benzene rings is 1. The number of carbonyl (C=O) groups is 2. The lowest BCUT2D eigenvalue weighted by Crippen LogP contribution is -3.08. The highest BCUT2D eigenvalue weighted by atomic mass is 16.5. The van der Waals surface area contributed by atoms with Crippen molar-refractivity contribution in [3.05, 3.63) is 35.9 Å². The number of amides is 1. The summed E-state index contributed by atoms with van der Waals surface area (Å²) in [4.78, 5) is 23.8. The summed E-state index contributed by atoms with van der Waals surface area (Å²) >= 11 is 0. The molecule has 0 heterocycles. The van der Waals surface area contributed by atoms with E-state index in [1.807, 2.05) is 30.3 Å². The van der Waals surface area contributed by atoms with Crippen LogP contribution in [-0.2, 0) is 16.1 Å². The quantitative estimate of drug-likeness (QED) is 0.868. The molecule has 1 aromatic carbocycles. The van der Waals surface area contributed by atoms with E-state index in [2.05, 4.69) is 5.32 Å². The van der Waals surface area contributed by atoms with Crippen molar-refractivity contribution in [2.45, 2.75) is 12.6 Å².